The first kappa shape index (κ1) is 21.7. The van der Waals surface area contributed by atoms with E-state index < -0.39 is 11.7 Å². The minimum Gasteiger partial charge on any atom is -0.354 e. The lowest BCUT2D eigenvalue weighted by atomic mass is 9.99. The maximum Gasteiger partial charge on any atom is 0.417 e. The molecule has 32 heavy (non-hydrogen) atoms. The van der Waals surface area contributed by atoms with E-state index in [0.717, 1.165) is 23.4 Å². The predicted molar refractivity (Wildman–Crippen MR) is 116 cm³/mol. The van der Waals surface area contributed by atoms with Gasteiger partial charge in [-0.1, -0.05) is 60.7 Å². The highest BCUT2D eigenvalue weighted by Crippen LogP contribution is 2.30. The van der Waals surface area contributed by atoms with Crippen LogP contribution in [-0.4, -0.2) is 30.1 Å². The Labute approximate surface area is 184 Å². The summed E-state index contributed by atoms with van der Waals surface area (Å²) in [6.45, 7) is 1.08. The first-order chi connectivity index (χ1) is 15.4. The van der Waals surface area contributed by atoms with E-state index in [4.69, 9.17) is 0 Å². The molecule has 1 aliphatic rings. The number of rotatable bonds is 5. The largest absolute Gasteiger partial charge is 0.417 e. The van der Waals surface area contributed by atoms with Crippen LogP contribution in [-0.2, 0) is 6.18 Å². The Kier molecular flexibility index (Phi) is 6.30. The highest BCUT2D eigenvalue weighted by Gasteiger charge is 2.31. The molecule has 2 heterocycles. The number of amides is 2. The normalized spacial score (nSPS) is 16.2. The number of benzene rings is 2. The molecule has 4 rings (SSSR count). The number of hydrogen-bond acceptors (Lipinski definition) is 3. The number of aromatic nitrogens is 1. The molecule has 0 aliphatic carbocycles. The van der Waals surface area contributed by atoms with Crippen molar-refractivity contribution in [2.24, 2.45) is 0 Å². The zero-order chi connectivity index (χ0) is 22.6. The minimum atomic E-state index is -4.41. The average Bonchev–Trinajstić information content (AvgIpc) is 3.26. The molecule has 0 saturated carbocycles. The summed E-state index contributed by atoms with van der Waals surface area (Å²) >= 11 is 0. The Hall–Kier alpha value is -3.55. The molecule has 166 valence electrons. The Morgan fingerprint density at radius 1 is 0.969 bits per heavy atom. The maximum atomic E-state index is 12.8. The molecule has 0 radical (unpaired) electrons. The summed E-state index contributed by atoms with van der Waals surface area (Å²) in [4.78, 5) is 18.6. The van der Waals surface area contributed by atoms with Gasteiger partial charge >= 0.3 is 12.2 Å². The van der Waals surface area contributed by atoms with Gasteiger partial charge in [-0.25, -0.2) is 9.78 Å². The number of nitrogens with one attached hydrogen (secondary N) is 2. The Morgan fingerprint density at radius 2 is 1.59 bits per heavy atom. The first-order valence-electron chi connectivity index (χ1n) is 10.4. The number of halogens is 3. The van der Waals surface area contributed by atoms with E-state index in [1.54, 1.807) is 0 Å². The van der Waals surface area contributed by atoms with E-state index in [9.17, 15) is 18.0 Å². The van der Waals surface area contributed by atoms with Crippen LogP contribution in [0.5, 0.6) is 0 Å². The van der Waals surface area contributed by atoms with Crippen LogP contribution in [0.3, 0.4) is 0 Å². The van der Waals surface area contributed by atoms with Crippen LogP contribution in [0.15, 0.2) is 79.0 Å². The fraction of sp³-hybridized carbons (Fsp3) is 0.250. The van der Waals surface area contributed by atoms with Gasteiger partial charge in [-0.15, -0.1) is 0 Å². The highest BCUT2D eigenvalue weighted by atomic mass is 19.4. The number of nitrogens with zero attached hydrogens (tertiary/aromatic N) is 2. The molecule has 2 N–H and O–H groups in total. The molecule has 2 amide bonds. The van der Waals surface area contributed by atoms with Gasteiger partial charge in [-0.3, -0.25) is 0 Å². The van der Waals surface area contributed by atoms with E-state index in [1.807, 2.05) is 65.6 Å². The molecule has 1 aliphatic heterocycles. The van der Waals surface area contributed by atoms with E-state index in [1.165, 1.54) is 6.07 Å². The third kappa shape index (κ3) is 5.19. The lowest BCUT2D eigenvalue weighted by Crippen LogP contribution is -2.44. The van der Waals surface area contributed by atoms with Gasteiger partial charge in [-0.2, -0.15) is 13.2 Å². The van der Waals surface area contributed by atoms with Crippen LogP contribution in [0.25, 0.3) is 0 Å². The zero-order valence-electron chi connectivity index (χ0n) is 17.2. The van der Waals surface area contributed by atoms with Crippen molar-refractivity contribution in [3.8, 4) is 0 Å². The second-order valence-corrected chi connectivity index (χ2v) is 7.71. The molecule has 1 unspecified atom stereocenters. The second-order valence-electron chi connectivity index (χ2n) is 7.71. The third-order valence-electron chi connectivity index (χ3n) is 5.46. The van der Waals surface area contributed by atoms with Crippen LogP contribution in [0, 0.1) is 0 Å². The smallest absolute Gasteiger partial charge is 0.354 e. The second kappa shape index (κ2) is 9.30. The minimum absolute atomic E-state index is 0.133. The molecule has 1 atom stereocenters. The van der Waals surface area contributed by atoms with Crippen molar-refractivity contribution in [1.82, 2.24) is 15.6 Å². The summed E-state index contributed by atoms with van der Waals surface area (Å²) in [7, 11) is 0. The van der Waals surface area contributed by atoms with Crippen molar-refractivity contribution in [2.45, 2.75) is 24.7 Å². The number of carbonyl (C=O) groups excluding carboxylic acids is 1. The van der Waals surface area contributed by atoms with Crippen molar-refractivity contribution >= 4 is 11.8 Å². The fourth-order valence-electron chi connectivity index (χ4n) is 3.84. The molecule has 5 nitrogen and oxygen atoms in total. The SMILES string of the molecule is O=C(NC1CCN(c2ccc(C(F)(F)F)cn2)C1)NC(c1ccccc1)c1ccccc1. The van der Waals surface area contributed by atoms with Gasteiger partial charge < -0.3 is 15.5 Å². The van der Waals surface area contributed by atoms with Crippen molar-refractivity contribution in [2.75, 3.05) is 18.0 Å². The third-order valence-corrected chi connectivity index (χ3v) is 5.46. The lowest BCUT2D eigenvalue weighted by molar-refractivity contribution is -0.137. The van der Waals surface area contributed by atoms with Crippen LogP contribution >= 0.6 is 0 Å². The van der Waals surface area contributed by atoms with Crippen LogP contribution in [0.1, 0.15) is 29.2 Å². The van der Waals surface area contributed by atoms with Gasteiger partial charge in [-0.05, 0) is 29.7 Å². The van der Waals surface area contributed by atoms with Crippen molar-refractivity contribution in [3.63, 3.8) is 0 Å². The summed E-state index contributed by atoms with van der Waals surface area (Å²) in [5.74, 6) is 0.467. The summed E-state index contributed by atoms with van der Waals surface area (Å²) < 4.78 is 38.2. The quantitative estimate of drug-likeness (QED) is 0.601. The number of alkyl halides is 3. The standard InChI is InChI=1S/C24H23F3N4O/c25-24(26,27)19-11-12-21(28-15-19)31-14-13-20(16-31)29-23(32)30-22(17-7-3-1-4-8-17)18-9-5-2-6-10-18/h1-12,15,20,22H,13-14,16H2,(H2,29,30,32). The predicted octanol–water partition coefficient (Wildman–Crippen LogP) is 4.77. The Morgan fingerprint density at radius 3 is 2.12 bits per heavy atom. The summed E-state index contributed by atoms with van der Waals surface area (Å²) in [6.07, 6.45) is -2.89. The van der Waals surface area contributed by atoms with Crippen LogP contribution in [0.2, 0.25) is 0 Å². The molecule has 8 heteroatoms. The molecular formula is C24H23F3N4O. The number of hydrogen-bond donors (Lipinski definition) is 2. The van der Waals surface area contributed by atoms with Gasteiger partial charge in [0.25, 0.3) is 0 Å². The summed E-state index contributed by atoms with van der Waals surface area (Å²) in [5, 5.41) is 6.03. The van der Waals surface area contributed by atoms with Crippen LogP contribution < -0.4 is 15.5 Å². The van der Waals surface area contributed by atoms with Gasteiger partial charge in [0.15, 0.2) is 0 Å². The van der Waals surface area contributed by atoms with Gasteiger partial charge in [0, 0.05) is 25.3 Å². The van der Waals surface area contributed by atoms with Gasteiger partial charge in [0.2, 0.25) is 0 Å². The van der Waals surface area contributed by atoms with Crippen molar-refractivity contribution in [3.05, 3.63) is 95.7 Å². The first-order valence-corrected chi connectivity index (χ1v) is 10.4. The maximum absolute atomic E-state index is 12.8. The molecule has 0 bridgehead atoms. The van der Waals surface area contributed by atoms with Crippen molar-refractivity contribution < 1.29 is 18.0 Å². The number of anilines is 1. The van der Waals surface area contributed by atoms with Gasteiger partial charge in [0.05, 0.1) is 11.6 Å². The topological polar surface area (TPSA) is 57.3 Å². The van der Waals surface area contributed by atoms with Gasteiger partial charge in [0.1, 0.15) is 5.82 Å². The summed E-state index contributed by atoms with van der Waals surface area (Å²) in [5.41, 5.74) is 1.16. The summed E-state index contributed by atoms with van der Waals surface area (Å²) in [6, 6.07) is 21.1. The average molecular weight is 440 g/mol. The Balaban J connectivity index is 1.38. The Bertz CT molecular complexity index is 987. The highest BCUT2D eigenvalue weighted by molar-refractivity contribution is 5.75. The lowest BCUT2D eigenvalue weighted by Gasteiger charge is -2.22. The van der Waals surface area contributed by atoms with E-state index >= 15 is 0 Å². The monoisotopic (exact) mass is 440 g/mol. The number of pyridine rings is 1. The fourth-order valence-corrected chi connectivity index (χ4v) is 3.84. The molecule has 1 saturated heterocycles. The molecule has 1 fully saturated rings. The number of carbonyl (C=O) groups is 1. The molecule has 1 aromatic heterocycles. The van der Waals surface area contributed by atoms with E-state index in [2.05, 4.69) is 15.6 Å². The molecular weight excluding hydrogens is 417 g/mol. The number of urea groups is 1. The van der Waals surface area contributed by atoms with Crippen LogP contribution in [0.4, 0.5) is 23.8 Å². The molecule has 0 spiro atoms. The van der Waals surface area contributed by atoms with E-state index in [-0.39, 0.29) is 18.1 Å². The zero-order valence-corrected chi connectivity index (χ0v) is 17.2. The molecule has 3 aromatic rings. The van der Waals surface area contributed by atoms with E-state index in [0.29, 0.717) is 25.3 Å². The molecule has 2 aromatic carbocycles. The van der Waals surface area contributed by atoms with Crippen molar-refractivity contribution in [1.29, 1.82) is 0 Å².